The zero-order valence-electron chi connectivity index (χ0n) is 16.1. The third-order valence-corrected chi connectivity index (χ3v) is 3.86. The second kappa shape index (κ2) is 10.9. The Balaban J connectivity index is 2.91. The van der Waals surface area contributed by atoms with Crippen molar-refractivity contribution in [3.05, 3.63) is 35.9 Å². The Labute approximate surface area is 159 Å². The molecular formula is C19H27N3O5. The van der Waals surface area contributed by atoms with Crippen LogP contribution in [0.15, 0.2) is 30.3 Å². The Morgan fingerprint density at radius 3 is 2.11 bits per heavy atom. The van der Waals surface area contributed by atoms with Gasteiger partial charge in [0.25, 0.3) is 0 Å². The molecule has 0 unspecified atom stereocenters. The van der Waals surface area contributed by atoms with Crippen LogP contribution in [0, 0.1) is 5.92 Å². The largest absolute Gasteiger partial charge is 0.462 e. The maximum Gasteiger partial charge on any atom is 0.396 e. The molecule has 0 radical (unpaired) electrons. The third kappa shape index (κ3) is 7.47. The van der Waals surface area contributed by atoms with E-state index in [-0.39, 0.29) is 11.8 Å². The number of rotatable bonds is 8. The van der Waals surface area contributed by atoms with E-state index in [1.807, 2.05) is 44.2 Å². The molecule has 27 heavy (non-hydrogen) atoms. The van der Waals surface area contributed by atoms with E-state index in [9.17, 15) is 19.2 Å². The minimum absolute atomic E-state index is 0.0753. The quantitative estimate of drug-likeness (QED) is 0.441. The fraction of sp³-hybridized carbons (Fsp3) is 0.474. The van der Waals surface area contributed by atoms with Crippen LogP contribution in [0.2, 0.25) is 0 Å². The maximum atomic E-state index is 12.7. The van der Waals surface area contributed by atoms with Crippen molar-refractivity contribution in [2.45, 2.75) is 38.8 Å². The summed E-state index contributed by atoms with van der Waals surface area (Å²) in [5.41, 5.74) is 0.880. The van der Waals surface area contributed by atoms with Crippen LogP contribution in [-0.2, 0) is 30.3 Å². The normalized spacial score (nSPS) is 12.6. The highest BCUT2D eigenvalue weighted by molar-refractivity contribution is 6.32. The number of carbonyl (C=O) groups excluding carboxylic acids is 4. The lowest BCUT2D eigenvalue weighted by Gasteiger charge is -2.23. The van der Waals surface area contributed by atoms with E-state index >= 15 is 0 Å². The summed E-state index contributed by atoms with van der Waals surface area (Å²) in [7, 11) is 2.57. The van der Waals surface area contributed by atoms with Crippen LogP contribution in [0.25, 0.3) is 0 Å². The predicted octanol–water partition coefficient (Wildman–Crippen LogP) is 0.164. The summed E-state index contributed by atoms with van der Waals surface area (Å²) in [5, 5.41) is 7.56. The number of amides is 3. The highest BCUT2D eigenvalue weighted by atomic mass is 16.5. The highest BCUT2D eigenvalue weighted by Crippen LogP contribution is 2.08. The number of carbonyl (C=O) groups is 4. The molecule has 3 amide bonds. The zero-order valence-corrected chi connectivity index (χ0v) is 16.1. The van der Waals surface area contributed by atoms with Crippen LogP contribution < -0.4 is 16.0 Å². The summed E-state index contributed by atoms with van der Waals surface area (Å²) in [5.74, 6) is -2.90. The van der Waals surface area contributed by atoms with Crippen LogP contribution >= 0.6 is 0 Å². The summed E-state index contributed by atoms with van der Waals surface area (Å²) < 4.78 is 4.37. The van der Waals surface area contributed by atoms with Crippen LogP contribution in [0.3, 0.4) is 0 Å². The zero-order chi connectivity index (χ0) is 20.4. The van der Waals surface area contributed by atoms with Crippen molar-refractivity contribution in [3.63, 3.8) is 0 Å². The van der Waals surface area contributed by atoms with Gasteiger partial charge in [0, 0.05) is 13.5 Å². The number of methoxy groups -OCH3 is 1. The second-order valence-electron chi connectivity index (χ2n) is 6.51. The molecule has 0 aromatic heterocycles. The molecule has 0 saturated carbocycles. The van der Waals surface area contributed by atoms with Gasteiger partial charge in [0.15, 0.2) is 0 Å². The number of hydrogen-bond acceptors (Lipinski definition) is 5. The lowest BCUT2D eigenvalue weighted by Crippen LogP contribution is -2.55. The van der Waals surface area contributed by atoms with Gasteiger partial charge in [-0.05, 0) is 17.9 Å². The first-order chi connectivity index (χ1) is 12.8. The first-order valence-electron chi connectivity index (χ1n) is 8.73. The van der Waals surface area contributed by atoms with Crippen molar-refractivity contribution in [2.24, 2.45) is 5.92 Å². The fourth-order valence-corrected chi connectivity index (χ4v) is 2.52. The van der Waals surface area contributed by atoms with Crippen molar-refractivity contribution in [3.8, 4) is 0 Å². The second-order valence-corrected chi connectivity index (χ2v) is 6.51. The van der Waals surface area contributed by atoms with Gasteiger partial charge >= 0.3 is 11.9 Å². The number of ether oxygens (including phenoxy) is 1. The Morgan fingerprint density at radius 2 is 1.59 bits per heavy atom. The number of hydrogen-bond donors (Lipinski definition) is 3. The maximum absolute atomic E-state index is 12.7. The molecular weight excluding hydrogens is 350 g/mol. The van der Waals surface area contributed by atoms with Gasteiger partial charge in [-0.1, -0.05) is 44.2 Å². The average molecular weight is 377 g/mol. The minimum Gasteiger partial charge on any atom is -0.462 e. The minimum atomic E-state index is -1.08. The van der Waals surface area contributed by atoms with Gasteiger partial charge in [-0.15, -0.1) is 0 Å². The van der Waals surface area contributed by atoms with E-state index in [2.05, 4.69) is 20.7 Å². The molecule has 0 aliphatic heterocycles. The first kappa shape index (κ1) is 22.1. The van der Waals surface area contributed by atoms with Gasteiger partial charge in [-0.25, -0.2) is 4.79 Å². The van der Waals surface area contributed by atoms with Gasteiger partial charge < -0.3 is 20.7 Å². The summed E-state index contributed by atoms with van der Waals surface area (Å²) in [6, 6.07) is 7.48. The topological polar surface area (TPSA) is 114 Å². The van der Waals surface area contributed by atoms with Gasteiger partial charge in [-0.2, -0.15) is 0 Å². The van der Waals surface area contributed by atoms with E-state index < -0.39 is 29.9 Å². The van der Waals surface area contributed by atoms with Crippen molar-refractivity contribution in [2.75, 3.05) is 14.2 Å². The van der Waals surface area contributed by atoms with Crippen molar-refractivity contribution >= 4 is 23.7 Å². The molecule has 8 nitrogen and oxygen atoms in total. The fourth-order valence-electron chi connectivity index (χ4n) is 2.52. The van der Waals surface area contributed by atoms with E-state index in [1.54, 1.807) is 0 Å². The molecule has 0 bridgehead atoms. The van der Waals surface area contributed by atoms with E-state index in [4.69, 9.17) is 0 Å². The van der Waals surface area contributed by atoms with Crippen molar-refractivity contribution < 1.29 is 23.9 Å². The summed E-state index contributed by atoms with van der Waals surface area (Å²) in [4.78, 5) is 48.0. The molecule has 0 fully saturated rings. The molecule has 1 aromatic rings. The van der Waals surface area contributed by atoms with Crippen LogP contribution in [0.5, 0.6) is 0 Å². The number of benzene rings is 1. The smallest absolute Gasteiger partial charge is 0.396 e. The third-order valence-electron chi connectivity index (χ3n) is 3.86. The van der Waals surface area contributed by atoms with E-state index in [1.165, 1.54) is 7.05 Å². The molecule has 1 aromatic carbocycles. The number of esters is 1. The molecule has 2 atom stereocenters. The molecule has 1 rings (SSSR count). The van der Waals surface area contributed by atoms with E-state index in [0.717, 1.165) is 12.7 Å². The van der Waals surface area contributed by atoms with Gasteiger partial charge in [-0.3, -0.25) is 14.4 Å². The Hall–Kier alpha value is -2.90. The summed E-state index contributed by atoms with van der Waals surface area (Å²) >= 11 is 0. The lowest BCUT2D eigenvalue weighted by molar-refractivity contribution is -0.153. The molecule has 0 aliphatic rings. The van der Waals surface area contributed by atoms with Gasteiger partial charge in [0.2, 0.25) is 11.8 Å². The average Bonchev–Trinajstić information content (AvgIpc) is 2.65. The molecule has 0 aliphatic carbocycles. The van der Waals surface area contributed by atoms with Crippen LogP contribution in [0.4, 0.5) is 0 Å². The standard InChI is InChI=1S/C19H27N3O5/c1-12(2)10-14(22-18(25)19(26)27-4)17(24)21-15(16(23)20-3)11-13-8-6-5-7-9-13/h5-9,12,14-15H,10-11H2,1-4H3,(H,20,23)(H,21,24)(H,22,25)/t14-,15-/m0/s1. The monoisotopic (exact) mass is 377 g/mol. The van der Waals surface area contributed by atoms with Crippen LogP contribution in [0.1, 0.15) is 25.8 Å². The van der Waals surface area contributed by atoms with Crippen LogP contribution in [-0.4, -0.2) is 49.9 Å². The summed E-state index contributed by atoms with van der Waals surface area (Å²) in [6.07, 6.45) is 0.603. The van der Waals surface area contributed by atoms with E-state index in [0.29, 0.717) is 12.8 Å². The predicted molar refractivity (Wildman–Crippen MR) is 99.5 cm³/mol. The van der Waals surface area contributed by atoms with Crippen molar-refractivity contribution in [1.82, 2.24) is 16.0 Å². The van der Waals surface area contributed by atoms with Gasteiger partial charge in [0.1, 0.15) is 12.1 Å². The first-order valence-corrected chi connectivity index (χ1v) is 8.73. The number of likely N-dealkylation sites (N-methyl/N-ethyl adjacent to an activating group) is 1. The molecule has 0 heterocycles. The Kier molecular flexibility index (Phi) is 8.98. The molecule has 0 spiro atoms. The Morgan fingerprint density at radius 1 is 0.963 bits per heavy atom. The number of nitrogens with one attached hydrogen (secondary N) is 3. The highest BCUT2D eigenvalue weighted by Gasteiger charge is 2.29. The Bertz CT molecular complexity index is 661. The molecule has 8 heteroatoms. The van der Waals surface area contributed by atoms with Gasteiger partial charge in [0.05, 0.1) is 7.11 Å². The SMILES string of the molecule is CNC(=O)[C@H](Cc1ccccc1)NC(=O)[C@H](CC(C)C)NC(=O)C(=O)OC. The molecule has 148 valence electrons. The molecule has 3 N–H and O–H groups in total. The summed E-state index contributed by atoms with van der Waals surface area (Å²) in [6.45, 7) is 3.76. The lowest BCUT2D eigenvalue weighted by atomic mass is 10.0. The molecule has 0 saturated heterocycles. The van der Waals surface area contributed by atoms with Crippen molar-refractivity contribution in [1.29, 1.82) is 0 Å².